The minimum absolute atomic E-state index is 0.0715. The number of carbonyl (C=O) groups excluding carboxylic acids is 2. The van der Waals surface area contributed by atoms with Crippen molar-refractivity contribution < 1.29 is 19.4 Å². The van der Waals surface area contributed by atoms with Crippen molar-refractivity contribution in [3.05, 3.63) is 0 Å². The smallest absolute Gasteiger partial charge is 0.417 e. The minimum Gasteiger partial charge on any atom is -0.441 e. The molecule has 116 valence electrons. The number of ether oxygens (including phenoxy) is 1. The summed E-state index contributed by atoms with van der Waals surface area (Å²) in [5.41, 5.74) is -1.10. The van der Waals surface area contributed by atoms with E-state index in [0.29, 0.717) is 0 Å². The molecule has 0 aliphatic carbocycles. The first kappa shape index (κ1) is 17.0. The Hall–Kier alpha value is -1.10. The van der Waals surface area contributed by atoms with Gasteiger partial charge in [-0.3, -0.25) is 4.79 Å². The maximum Gasteiger partial charge on any atom is 0.417 e. The van der Waals surface area contributed by atoms with Crippen LogP contribution in [0.25, 0.3) is 0 Å². The molecule has 1 heterocycles. The molecule has 1 rings (SSSR count). The predicted molar refractivity (Wildman–Crippen MR) is 76.1 cm³/mol. The summed E-state index contributed by atoms with van der Waals surface area (Å²) in [7, 11) is 0. The second-order valence-corrected chi connectivity index (χ2v) is 7.51. The van der Waals surface area contributed by atoms with E-state index in [1.54, 1.807) is 0 Å². The fourth-order valence-electron chi connectivity index (χ4n) is 2.69. The van der Waals surface area contributed by atoms with Crippen LogP contribution in [0.15, 0.2) is 0 Å². The maximum atomic E-state index is 12.4. The van der Waals surface area contributed by atoms with Crippen LogP contribution in [-0.2, 0) is 9.53 Å². The molecule has 0 spiro atoms. The van der Waals surface area contributed by atoms with Crippen LogP contribution in [0.2, 0.25) is 0 Å². The van der Waals surface area contributed by atoms with E-state index >= 15 is 0 Å². The molecule has 1 fully saturated rings. The Kier molecular flexibility index (Phi) is 4.54. The van der Waals surface area contributed by atoms with Crippen LogP contribution in [-0.4, -0.2) is 39.8 Å². The second-order valence-electron chi connectivity index (χ2n) is 7.51. The molecule has 5 heteroatoms. The van der Waals surface area contributed by atoms with Gasteiger partial charge in [0.05, 0.1) is 18.6 Å². The second kappa shape index (κ2) is 5.35. The minimum atomic E-state index is -0.792. The van der Waals surface area contributed by atoms with Crippen molar-refractivity contribution >= 4 is 12.0 Å². The standard InChI is InChI=1S/C15H27NO4/c1-9(2)12-15(6,7)20-13(19)16(12)11(18)8-10(17)14(3,4)5/h9-10,12,17H,8H2,1-7H3/t10-,12+/m1/s1. The van der Waals surface area contributed by atoms with Gasteiger partial charge in [-0.05, 0) is 25.2 Å². The van der Waals surface area contributed by atoms with Crippen LogP contribution in [0, 0.1) is 11.3 Å². The van der Waals surface area contributed by atoms with Crippen molar-refractivity contribution in [2.45, 2.75) is 72.6 Å². The van der Waals surface area contributed by atoms with Crippen LogP contribution in [0.5, 0.6) is 0 Å². The Balaban J connectivity index is 2.93. The molecule has 0 radical (unpaired) electrons. The van der Waals surface area contributed by atoms with Crippen molar-refractivity contribution in [1.82, 2.24) is 4.90 Å². The molecule has 0 saturated carbocycles. The van der Waals surface area contributed by atoms with Gasteiger partial charge in [-0.2, -0.15) is 0 Å². The molecular formula is C15H27NO4. The number of rotatable bonds is 3. The summed E-state index contributed by atoms with van der Waals surface area (Å²) in [4.78, 5) is 25.5. The van der Waals surface area contributed by atoms with Crippen LogP contribution in [0.4, 0.5) is 4.79 Å². The van der Waals surface area contributed by atoms with Gasteiger partial charge in [0.1, 0.15) is 5.60 Å². The van der Waals surface area contributed by atoms with Gasteiger partial charge in [-0.15, -0.1) is 0 Å². The Morgan fingerprint density at radius 2 is 1.90 bits per heavy atom. The number of imide groups is 1. The van der Waals surface area contributed by atoms with Crippen LogP contribution in [0.3, 0.4) is 0 Å². The van der Waals surface area contributed by atoms with E-state index in [0.717, 1.165) is 0 Å². The number of aliphatic hydroxyl groups excluding tert-OH is 1. The molecule has 1 aliphatic rings. The molecule has 0 bridgehead atoms. The highest BCUT2D eigenvalue weighted by molar-refractivity contribution is 5.94. The third-order valence-corrected chi connectivity index (χ3v) is 3.81. The fraction of sp³-hybridized carbons (Fsp3) is 0.867. The van der Waals surface area contributed by atoms with Gasteiger partial charge < -0.3 is 9.84 Å². The highest BCUT2D eigenvalue weighted by Crippen LogP contribution is 2.35. The highest BCUT2D eigenvalue weighted by atomic mass is 16.6. The topological polar surface area (TPSA) is 66.8 Å². The fourth-order valence-corrected chi connectivity index (χ4v) is 2.69. The third kappa shape index (κ3) is 3.32. The summed E-state index contributed by atoms with van der Waals surface area (Å²) in [6.45, 7) is 13.1. The molecule has 0 unspecified atom stereocenters. The third-order valence-electron chi connectivity index (χ3n) is 3.81. The molecule has 5 nitrogen and oxygen atoms in total. The van der Waals surface area contributed by atoms with E-state index in [-0.39, 0.29) is 24.3 Å². The average molecular weight is 285 g/mol. The molecule has 2 atom stereocenters. The predicted octanol–water partition coefficient (Wildman–Crippen LogP) is 2.57. The molecule has 0 aromatic rings. The lowest BCUT2D eigenvalue weighted by molar-refractivity contribution is -0.134. The van der Waals surface area contributed by atoms with E-state index in [1.807, 2.05) is 48.5 Å². The molecule has 1 aliphatic heterocycles. The largest absolute Gasteiger partial charge is 0.441 e. The van der Waals surface area contributed by atoms with Crippen LogP contribution < -0.4 is 0 Å². The lowest BCUT2D eigenvalue weighted by Crippen LogP contribution is -2.49. The monoisotopic (exact) mass is 285 g/mol. The molecule has 0 aromatic carbocycles. The molecule has 1 saturated heterocycles. The number of amides is 2. The lowest BCUT2D eigenvalue weighted by Gasteiger charge is -2.32. The van der Waals surface area contributed by atoms with Gasteiger partial charge in [-0.25, -0.2) is 9.69 Å². The number of nitrogens with zero attached hydrogens (tertiary/aromatic N) is 1. The van der Waals surface area contributed by atoms with Crippen molar-refractivity contribution in [2.75, 3.05) is 0 Å². The van der Waals surface area contributed by atoms with E-state index in [1.165, 1.54) is 4.90 Å². The number of aliphatic hydroxyl groups is 1. The summed E-state index contributed by atoms with van der Waals surface area (Å²) in [5, 5.41) is 10.1. The van der Waals surface area contributed by atoms with E-state index in [9.17, 15) is 14.7 Å². The summed E-state index contributed by atoms with van der Waals surface area (Å²) < 4.78 is 5.31. The van der Waals surface area contributed by atoms with E-state index in [2.05, 4.69) is 0 Å². The normalized spacial score (nSPS) is 23.9. The summed E-state index contributed by atoms with van der Waals surface area (Å²) in [5.74, 6) is -0.283. The molecule has 20 heavy (non-hydrogen) atoms. The number of cyclic esters (lactones) is 1. The first-order chi connectivity index (χ1) is 8.88. The Bertz CT molecular complexity index is 395. The number of carbonyl (C=O) groups is 2. The van der Waals surface area contributed by atoms with Crippen LogP contribution in [0.1, 0.15) is 54.9 Å². The van der Waals surface area contributed by atoms with Crippen molar-refractivity contribution in [2.24, 2.45) is 11.3 Å². The first-order valence-electron chi connectivity index (χ1n) is 7.11. The Morgan fingerprint density at radius 3 is 2.30 bits per heavy atom. The molecule has 0 aromatic heterocycles. The molecule has 2 amide bonds. The first-order valence-corrected chi connectivity index (χ1v) is 7.11. The summed E-state index contributed by atoms with van der Waals surface area (Å²) in [6, 6.07) is -0.310. The van der Waals surface area contributed by atoms with Gasteiger partial charge in [-0.1, -0.05) is 34.6 Å². The van der Waals surface area contributed by atoms with Gasteiger partial charge in [0, 0.05) is 0 Å². The van der Waals surface area contributed by atoms with E-state index < -0.39 is 23.2 Å². The maximum absolute atomic E-state index is 12.4. The SMILES string of the molecule is CC(C)[C@@H]1N(C(=O)C[C@@H](O)C(C)(C)C)C(=O)OC1(C)C. The molecular weight excluding hydrogens is 258 g/mol. The highest BCUT2D eigenvalue weighted by Gasteiger charge is 2.52. The van der Waals surface area contributed by atoms with E-state index in [4.69, 9.17) is 4.74 Å². The summed E-state index contributed by atoms with van der Waals surface area (Å²) >= 11 is 0. The van der Waals surface area contributed by atoms with Gasteiger partial charge in [0.25, 0.3) is 0 Å². The van der Waals surface area contributed by atoms with Gasteiger partial charge in [0.2, 0.25) is 5.91 Å². The van der Waals surface area contributed by atoms with Crippen molar-refractivity contribution in [1.29, 1.82) is 0 Å². The average Bonchev–Trinajstić information content (AvgIpc) is 2.45. The zero-order chi connectivity index (χ0) is 15.9. The number of hydrogen-bond acceptors (Lipinski definition) is 4. The van der Waals surface area contributed by atoms with Crippen molar-refractivity contribution in [3.8, 4) is 0 Å². The summed E-state index contributed by atoms with van der Waals surface area (Å²) in [6.07, 6.45) is -1.48. The van der Waals surface area contributed by atoms with Crippen LogP contribution >= 0.6 is 0 Å². The zero-order valence-corrected chi connectivity index (χ0v) is 13.6. The number of hydrogen-bond donors (Lipinski definition) is 1. The molecule has 1 N–H and O–H groups in total. The quantitative estimate of drug-likeness (QED) is 0.865. The Morgan fingerprint density at radius 1 is 1.40 bits per heavy atom. The lowest BCUT2D eigenvalue weighted by atomic mass is 9.86. The Labute approximate surface area is 121 Å². The van der Waals surface area contributed by atoms with Crippen molar-refractivity contribution in [3.63, 3.8) is 0 Å². The zero-order valence-electron chi connectivity index (χ0n) is 13.6. The van der Waals surface area contributed by atoms with Gasteiger partial charge >= 0.3 is 6.09 Å². The van der Waals surface area contributed by atoms with Gasteiger partial charge in [0.15, 0.2) is 0 Å².